The molecule has 1 amide bonds. The summed E-state index contributed by atoms with van der Waals surface area (Å²) in [5.74, 6) is -0.741. The number of nitrogens with zero attached hydrogens (tertiary/aromatic N) is 2. The summed E-state index contributed by atoms with van der Waals surface area (Å²) in [5, 5.41) is 15.2. The lowest BCUT2D eigenvalue weighted by molar-refractivity contribution is -0.389. The van der Waals surface area contributed by atoms with Crippen molar-refractivity contribution in [3.8, 4) is 0 Å². The third-order valence-corrected chi connectivity index (χ3v) is 3.78. The first-order valence-corrected chi connectivity index (χ1v) is 6.85. The van der Waals surface area contributed by atoms with E-state index in [4.69, 9.17) is 0 Å². The van der Waals surface area contributed by atoms with E-state index in [1.807, 2.05) is 17.5 Å². The SMILES string of the molecule is O=C(NCc1cccs1)c1cc([N+](=O)[O-])ncc1Br. The summed E-state index contributed by atoms with van der Waals surface area (Å²) in [4.78, 5) is 26.6. The maximum Gasteiger partial charge on any atom is 0.364 e. The highest BCUT2D eigenvalue weighted by atomic mass is 79.9. The number of pyridine rings is 1. The Morgan fingerprint density at radius 3 is 3.00 bits per heavy atom. The fourth-order valence-electron chi connectivity index (χ4n) is 1.38. The van der Waals surface area contributed by atoms with Crippen LogP contribution in [0.5, 0.6) is 0 Å². The quantitative estimate of drug-likeness (QED) is 0.684. The minimum absolute atomic E-state index is 0.193. The topological polar surface area (TPSA) is 85.1 Å². The van der Waals surface area contributed by atoms with Gasteiger partial charge in [-0.05, 0) is 37.3 Å². The molecule has 2 aromatic rings. The van der Waals surface area contributed by atoms with Crippen LogP contribution in [0.2, 0.25) is 0 Å². The van der Waals surface area contributed by atoms with E-state index in [9.17, 15) is 14.9 Å². The average Bonchev–Trinajstić information content (AvgIpc) is 2.89. The number of hydrogen-bond acceptors (Lipinski definition) is 5. The molecule has 0 fully saturated rings. The van der Waals surface area contributed by atoms with Crippen LogP contribution in [0, 0.1) is 10.1 Å². The molecule has 2 heterocycles. The van der Waals surface area contributed by atoms with E-state index in [-0.39, 0.29) is 17.3 Å². The second-order valence-electron chi connectivity index (χ2n) is 3.54. The van der Waals surface area contributed by atoms with Gasteiger partial charge in [0.15, 0.2) is 6.20 Å². The van der Waals surface area contributed by atoms with Crippen molar-refractivity contribution >= 4 is 39.0 Å². The normalized spacial score (nSPS) is 10.2. The van der Waals surface area contributed by atoms with Crippen LogP contribution in [0.4, 0.5) is 5.82 Å². The number of nitrogens with one attached hydrogen (secondary N) is 1. The molecule has 6 nitrogen and oxygen atoms in total. The highest BCUT2D eigenvalue weighted by Crippen LogP contribution is 2.20. The Hall–Kier alpha value is -1.80. The molecule has 0 saturated carbocycles. The first kappa shape index (κ1) is 13.6. The molecule has 0 aliphatic carbocycles. The van der Waals surface area contributed by atoms with Crippen LogP contribution < -0.4 is 5.32 Å². The molecule has 0 saturated heterocycles. The summed E-state index contributed by atoms with van der Waals surface area (Å²) in [5.41, 5.74) is 0.193. The molecule has 2 aromatic heterocycles. The maximum absolute atomic E-state index is 11.9. The number of aromatic nitrogens is 1. The maximum atomic E-state index is 11.9. The van der Waals surface area contributed by atoms with Gasteiger partial charge in [0, 0.05) is 10.9 Å². The molecular weight excluding hydrogens is 334 g/mol. The van der Waals surface area contributed by atoms with Crippen molar-refractivity contribution in [1.29, 1.82) is 0 Å². The van der Waals surface area contributed by atoms with Crippen LogP contribution in [0.1, 0.15) is 15.2 Å². The van der Waals surface area contributed by atoms with Gasteiger partial charge in [0.2, 0.25) is 0 Å². The van der Waals surface area contributed by atoms with Crippen molar-refractivity contribution in [2.75, 3.05) is 0 Å². The van der Waals surface area contributed by atoms with Crippen molar-refractivity contribution in [2.24, 2.45) is 0 Å². The number of halogens is 1. The zero-order valence-electron chi connectivity index (χ0n) is 9.50. The van der Waals surface area contributed by atoms with Crippen molar-refractivity contribution < 1.29 is 9.72 Å². The Bertz CT molecular complexity index is 616. The number of thiophene rings is 1. The molecule has 0 aliphatic rings. The Kier molecular flexibility index (Phi) is 4.23. The van der Waals surface area contributed by atoms with Gasteiger partial charge < -0.3 is 15.4 Å². The van der Waals surface area contributed by atoms with E-state index in [0.717, 1.165) is 10.9 Å². The lowest BCUT2D eigenvalue weighted by Crippen LogP contribution is -2.23. The first-order valence-electron chi connectivity index (χ1n) is 5.18. The molecule has 0 atom stereocenters. The Morgan fingerprint density at radius 1 is 1.58 bits per heavy atom. The van der Waals surface area contributed by atoms with Gasteiger partial charge in [-0.2, -0.15) is 0 Å². The molecule has 0 aromatic carbocycles. The lowest BCUT2D eigenvalue weighted by atomic mass is 10.2. The standard InChI is InChI=1S/C11H8BrN3O3S/c12-9-6-13-10(15(17)18)4-8(9)11(16)14-5-7-2-1-3-19-7/h1-4,6H,5H2,(H,14,16). The summed E-state index contributed by atoms with van der Waals surface area (Å²) >= 11 is 4.68. The molecule has 1 N–H and O–H groups in total. The fourth-order valence-corrected chi connectivity index (χ4v) is 2.42. The van der Waals surface area contributed by atoms with Gasteiger partial charge in [-0.3, -0.25) is 4.79 Å². The summed E-state index contributed by atoms with van der Waals surface area (Å²) in [6.07, 6.45) is 1.25. The molecule has 2 rings (SSSR count). The van der Waals surface area contributed by atoms with E-state index in [2.05, 4.69) is 26.2 Å². The van der Waals surface area contributed by atoms with E-state index >= 15 is 0 Å². The third kappa shape index (κ3) is 3.36. The molecule has 8 heteroatoms. The van der Waals surface area contributed by atoms with Gasteiger partial charge >= 0.3 is 5.82 Å². The molecule has 98 valence electrons. The number of amides is 1. The van der Waals surface area contributed by atoms with Crippen LogP contribution >= 0.6 is 27.3 Å². The minimum Gasteiger partial charge on any atom is -0.358 e. The summed E-state index contributed by atoms with van der Waals surface area (Å²) < 4.78 is 0.418. The predicted octanol–water partition coefficient (Wildman–Crippen LogP) is 2.74. The summed E-state index contributed by atoms with van der Waals surface area (Å²) in [7, 11) is 0. The second-order valence-corrected chi connectivity index (χ2v) is 5.43. The van der Waals surface area contributed by atoms with E-state index in [1.54, 1.807) is 0 Å². The predicted molar refractivity (Wildman–Crippen MR) is 74.1 cm³/mol. The highest BCUT2D eigenvalue weighted by Gasteiger charge is 2.17. The van der Waals surface area contributed by atoms with Crippen LogP contribution in [0.3, 0.4) is 0 Å². The number of carbonyl (C=O) groups excluding carboxylic acids is 1. The smallest absolute Gasteiger partial charge is 0.358 e. The lowest BCUT2D eigenvalue weighted by Gasteiger charge is -2.04. The van der Waals surface area contributed by atoms with Gasteiger partial charge in [0.05, 0.1) is 16.6 Å². The molecular formula is C11H8BrN3O3S. The Balaban J connectivity index is 2.14. The Morgan fingerprint density at radius 2 is 2.37 bits per heavy atom. The van der Waals surface area contributed by atoms with Gasteiger partial charge in [-0.15, -0.1) is 11.3 Å². The number of nitro groups is 1. The molecule has 0 spiro atoms. The minimum atomic E-state index is -0.636. The summed E-state index contributed by atoms with van der Waals surface area (Å²) in [6.45, 7) is 0.388. The first-order chi connectivity index (χ1) is 9.08. The zero-order chi connectivity index (χ0) is 13.8. The van der Waals surface area contributed by atoms with Crippen molar-refractivity contribution in [1.82, 2.24) is 10.3 Å². The summed E-state index contributed by atoms with van der Waals surface area (Å²) in [6, 6.07) is 4.93. The molecule has 0 aliphatic heterocycles. The van der Waals surface area contributed by atoms with Gasteiger partial charge in [-0.1, -0.05) is 6.07 Å². The molecule has 0 unspecified atom stereocenters. The largest absolute Gasteiger partial charge is 0.364 e. The fraction of sp³-hybridized carbons (Fsp3) is 0.0909. The van der Waals surface area contributed by atoms with Crippen LogP contribution in [-0.4, -0.2) is 15.8 Å². The van der Waals surface area contributed by atoms with E-state index in [1.165, 1.54) is 17.5 Å². The Labute approximate surface area is 120 Å². The zero-order valence-corrected chi connectivity index (χ0v) is 11.9. The second kappa shape index (κ2) is 5.89. The van der Waals surface area contributed by atoms with Crippen molar-refractivity contribution in [3.63, 3.8) is 0 Å². The molecule has 19 heavy (non-hydrogen) atoms. The molecule has 0 radical (unpaired) electrons. The van der Waals surface area contributed by atoms with Gasteiger partial charge in [-0.25, -0.2) is 0 Å². The van der Waals surface area contributed by atoms with Crippen molar-refractivity contribution in [3.05, 3.63) is 54.8 Å². The van der Waals surface area contributed by atoms with Crippen LogP contribution in [0.15, 0.2) is 34.2 Å². The van der Waals surface area contributed by atoms with Crippen LogP contribution in [-0.2, 0) is 6.54 Å². The molecule has 0 bridgehead atoms. The van der Waals surface area contributed by atoms with Crippen molar-refractivity contribution in [2.45, 2.75) is 6.54 Å². The average molecular weight is 342 g/mol. The van der Waals surface area contributed by atoms with E-state index in [0.29, 0.717) is 11.0 Å². The highest BCUT2D eigenvalue weighted by molar-refractivity contribution is 9.10. The number of carbonyl (C=O) groups is 1. The van der Waals surface area contributed by atoms with Gasteiger partial charge in [0.25, 0.3) is 5.91 Å². The monoisotopic (exact) mass is 341 g/mol. The van der Waals surface area contributed by atoms with Crippen LogP contribution in [0.25, 0.3) is 0 Å². The third-order valence-electron chi connectivity index (χ3n) is 2.28. The van der Waals surface area contributed by atoms with Gasteiger partial charge in [0.1, 0.15) is 0 Å². The van der Waals surface area contributed by atoms with E-state index < -0.39 is 4.92 Å². The number of hydrogen-bond donors (Lipinski definition) is 1. The number of rotatable bonds is 4.